The van der Waals surface area contributed by atoms with Crippen LogP contribution in [0.25, 0.3) is 0 Å². The van der Waals surface area contributed by atoms with Crippen molar-refractivity contribution < 1.29 is 38.9 Å². The Morgan fingerprint density at radius 2 is 1.27 bits per heavy atom. The Morgan fingerprint density at radius 1 is 0.955 bits per heavy atom. The van der Waals surface area contributed by atoms with E-state index in [1.165, 1.54) is 0 Å². The minimum Gasteiger partial charge on any atom is -0.475 e. The molecular weight excluding hydrogens is 334 g/mol. The van der Waals surface area contributed by atoms with Gasteiger partial charge in [0, 0.05) is 5.56 Å². The van der Waals surface area contributed by atoms with Gasteiger partial charge in [-0.25, -0.2) is 14.2 Å². The van der Waals surface area contributed by atoms with Crippen LogP contribution in [0.2, 0.25) is 0 Å². The summed E-state index contributed by atoms with van der Waals surface area (Å²) in [5.41, 5.74) is 0.683. The van der Waals surface area contributed by atoms with Gasteiger partial charge in [-0.05, 0) is 31.9 Å². The number of aliphatic carboxylic acids is 1. The highest BCUT2D eigenvalue weighted by Crippen LogP contribution is 2.34. The van der Waals surface area contributed by atoms with Crippen LogP contribution in [0.3, 0.4) is 0 Å². The maximum atomic E-state index is 11.3. The molecule has 10 heteroatoms. The van der Waals surface area contributed by atoms with Gasteiger partial charge in [0.05, 0.1) is 0 Å². The van der Waals surface area contributed by atoms with Crippen molar-refractivity contribution >= 4 is 35.0 Å². The van der Waals surface area contributed by atoms with Gasteiger partial charge in [0.1, 0.15) is 0 Å². The van der Waals surface area contributed by atoms with Crippen molar-refractivity contribution in [1.82, 2.24) is 0 Å². The molecule has 124 valence electrons. The van der Waals surface area contributed by atoms with E-state index in [0.29, 0.717) is 5.56 Å². The molecule has 4 N–H and O–H groups in total. The molecule has 22 heavy (non-hydrogen) atoms. The number of hydrogen-bond donors (Lipinski definition) is 4. The molecule has 0 radical (unpaired) electrons. The van der Waals surface area contributed by atoms with Crippen molar-refractivity contribution in [3.63, 3.8) is 0 Å². The number of hydrogen-bond acceptors (Lipinski definition) is 4. The van der Waals surface area contributed by atoms with Crippen molar-refractivity contribution in [1.29, 1.82) is 0 Å². The number of benzene rings is 1. The summed E-state index contributed by atoms with van der Waals surface area (Å²) in [6, 6.07) is 3.62. The molecule has 1 rings (SSSR count). The van der Waals surface area contributed by atoms with Gasteiger partial charge in [-0.2, -0.15) is 9.90 Å². The first-order chi connectivity index (χ1) is 9.37. The zero-order chi connectivity index (χ0) is 17.0. The molecule has 0 aliphatic heterocycles. The fourth-order valence-corrected chi connectivity index (χ4v) is 1.65. The molecule has 0 aliphatic carbocycles. The van der Waals surface area contributed by atoms with Gasteiger partial charge in [0.15, 0.2) is 0 Å². The Labute approximate surface area is 130 Å². The number of carboxylic acid groups (broad SMARTS) is 2. The molecule has 1 aromatic carbocycles. The smallest absolute Gasteiger partial charge is 0.433 e. The summed E-state index contributed by atoms with van der Waals surface area (Å²) in [6.45, 7) is 5.40. The molecule has 0 saturated heterocycles. The molecule has 0 heterocycles. The molecule has 8 nitrogen and oxygen atoms in total. The van der Waals surface area contributed by atoms with Crippen LogP contribution in [0, 0.1) is 20.8 Å². The summed E-state index contributed by atoms with van der Waals surface area (Å²) in [5.74, 6) is -2.24. The van der Waals surface area contributed by atoms with E-state index in [9.17, 15) is 18.9 Å². The van der Waals surface area contributed by atoms with Gasteiger partial charge in [0.2, 0.25) is 0 Å². The van der Waals surface area contributed by atoms with E-state index in [2.05, 4.69) is 0 Å². The quantitative estimate of drug-likeness (QED) is 0.365. The van der Waals surface area contributed by atoms with Crippen LogP contribution in [0.1, 0.15) is 27.0 Å². The first-order valence-corrected chi connectivity index (χ1v) is 7.13. The molecule has 0 saturated carbocycles. The van der Waals surface area contributed by atoms with E-state index >= 15 is 0 Å². The number of carbonyl (C=O) groups is 3. The normalized spacial score (nSPS) is 9.86. The lowest BCUT2D eigenvalue weighted by Gasteiger charge is -2.07. The highest BCUT2D eigenvalue weighted by Gasteiger charge is 2.23. The van der Waals surface area contributed by atoms with Crippen LogP contribution in [0.5, 0.6) is 0 Å². The molecule has 0 bridgehead atoms. The fourth-order valence-electron chi connectivity index (χ4n) is 1.65. The van der Waals surface area contributed by atoms with Crippen molar-refractivity contribution in [3.8, 4) is 0 Å². The molecule has 1 unspecified atom stereocenters. The molecule has 1 atom stereocenters. The van der Waals surface area contributed by atoms with E-state index in [-0.39, 0.29) is 9.90 Å². The third kappa shape index (κ3) is 6.91. The average Bonchev–Trinajstić information content (AvgIpc) is 2.26. The number of rotatable bonds is 3. The Kier molecular flexibility index (Phi) is 9.03. The predicted octanol–water partition coefficient (Wildman–Crippen LogP) is 1.78. The van der Waals surface area contributed by atoms with Crippen molar-refractivity contribution in [2.75, 3.05) is 0 Å². The second-order valence-corrected chi connectivity index (χ2v) is 5.71. The van der Waals surface area contributed by atoms with E-state index in [4.69, 9.17) is 20.0 Å². The molecular formula is C12H18O8P2. The van der Waals surface area contributed by atoms with Crippen LogP contribution < -0.4 is 0 Å². The summed E-state index contributed by atoms with van der Waals surface area (Å²) >= 11 is 0. The minimum absolute atomic E-state index is 0. The van der Waals surface area contributed by atoms with Crippen LogP contribution in [0.4, 0.5) is 4.79 Å². The predicted molar refractivity (Wildman–Crippen MR) is 83.8 cm³/mol. The summed E-state index contributed by atoms with van der Waals surface area (Å²) in [7, 11) is -4.82. The molecule has 0 spiro atoms. The second-order valence-electron chi connectivity index (χ2n) is 4.23. The SMILES string of the molecule is Cc1cc(C)c(C(=O)C(=O)O)c(C)c1.O=C(O)P(=O)(O)O.P. The Bertz CT molecular complexity index is 609. The third-order valence-electron chi connectivity index (χ3n) is 2.35. The molecule has 0 amide bonds. The van der Waals surface area contributed by atoms with Gasteiger partial charge >= 0.3 is 19.3 Å². The third-order valence-corrected chi connectivity index (χ3v) is 2.85. The lowest BCUT2D eigenvalue weighted by molar-refractivity contribution is -0.131. The highest BCUT2D eigenvalue weighted by molar-refractivity contribution is 7.69. The number of carbonyl (C=O) groups excluding carboxylic acids is 1. The maximum absolute atomic E-state index is 11.3. The van der Waals surface area contributed by atoms with Crippen LogP contribution >= 0.6 is 17.5 Å². The van der Waals surface area contributed by atoms with E-state index < -0.39 is 25.1 Å². The lowest BCUT2D eigenvalue weighted by atomic mass is 9.97. The van der Waals surface area contributed by atoms with Crippen molar-refractivity contribution in [2.24, 2.45) is 0 Å². The number of ketones is 1. The number of Topliss-reactive ketones (excluding diaryl/α,β-unsaturated/α-hetero) is 1. The van der Waals surface area contributed by atoms with Gasteiger partial charge in [-0.1, -0.05) is 17.7 Å². The van der Waals surface area contributed by atoms with Crippen LogP contribution in [-0.2, 0) is 9.36 Å². The van der Waals surface area contributed by atoms with Crippen molar-refractivity contribution in [3.05, 3.63) is 34.4 Å². The first kappa shape index (κ1) is 22.7. The van der Waals surface area contributed by atoms with Gasteiger partial charge in [-0.3, -0.25) is 4.79 Å². The summed E-state index contributed by atoms with van der Waals surface area (Å²) < 4.78 is 9.43. The Balaban J connectivity index is 0. The first-order valence-electron chi connectivity index (χ1n) is 5.52. The summed E-state index contributed by atoms with van der Waals surface area (Å²) in [4.78, 5) is 46.3. The van der Waals surface area contributed by atoms with Gasteiger partial charge in [0.25, 0.3) is 5.78 Å². The molecule has 0 fully saturated rings. The van der Waals surface area contributed by atoms with E-state index in [1.807, 2.05) is 19.1 Å². The summed E-state index contributed by atoms with van der Waals surface area (Å²) in [5, 5.41) is 16.1. The largest absolute Gasteiger partial charge is 0.475 e. The Morgan fingerprint density at radius 3 is 1.50 bits per heavy atom. The van der Waals surface area contributed by atoms with Crippen LogP contribution in [0.15, 0.2) is 12.1 Å². The van der Waals surface area contributed by atoms with Crippen molar-refractivity contribution in [2.45, 2.75) is 20.8 Å². The van der Waals surface area contributed by atoms with Gasteiger partial charge in [-0.15, -0.1) is 0 Å². The lowest BCUT2D eigenvalue weighted by Crippen LogP contribution is -2.15. The van der Waals surface area contributed by atoms with Crippen LogP contribution in [-0.4, -0.2) is 37.5 Å². The zero-order valence-electron chi connectivity index (χ0n) is 12.2. The maximum Gasteiger partial charge on any atom is 0.433 e. The average molecular weight is 352 g/mol. The molecule has 0 aromatic heterocycles. The Hall–Kier alpha value is -1.59. The molecule has 0 aliphatic rings. The fraction of sp³-hybridized carbons (Fsp3) is 0.250. The number of carboxylic acids is 1. The summed E-state index contributed by atoms with van der Waals surface area (Å²) in [6.07, 6.45) is 0. The highest BCUT2D eigenvalue weighted by atomic mass is 31.2. The minimum atomic E-state index is -4.82. The molecule has 1 aromatic rings. The van der Waals surface area contributed by atoms with E-state index in [0.717, 1.165) is 16.7 Å². The standard InChI is InChI=1S/C11H12O3.CH3O5P.H3P/c1-6-4-7(2)9(8(3)5-6)10(12)11(13)14;2-1(3)7(4,5)6;/h4-5H,1-3H3,(H,13,14);(H,2,3)(H2,4,5,6);1H3. The second kappa shape index (κ2) is 8.76. The topological polar surface area (TPSA) is 149 Å². The zero-order valence-corrected chi connectivity index (χ0v) is 14.5. The van der Waals surface area contributed by atoms with Gasteiger partial charge < -0.3 is 20.0 Å². The van der Waals surface area contributed by atoms with E-state index in [1.54, 1.807) is 13.8 Å². The monoisotopic (exact) mass is 352 g/mol. The number of aryl methyl sites for hydroxylation is 3.